The van der Waals surface area contributed by atoms with Crippen molar-refractivity contribution in [1.29, 1.82) is 0 Å². The fourth-order valence-electron chi connectivity index (χ4n) is 3.08. The number of aromatic carboxylic acids is 2. The highest BCUT2D eigenvalue weighted by Gasteiger charge is 2.27. The third-order valence-electron chi connectivity index (χ3n) is 4.53. The van der Waals surface area contributed by atoms with Gasteiger partial charge < -0.3 is 25.7 Å². The number of hydrogen-bond donors (Lipinski definition) is 4. The lowest BCUT2D eigenvalue weighted by atomic mass is 9.94. The van der Waals surface area contributed by atoms with Gasteiger partial charge in [-0.2, -0.15) is 0 Å². The minimum absolute atomic E-state index is 0.232. The number of hydrogen-bond acceptors (Lipinski definition) is 6. The summed E-state index contributed by atoms with van der Waals surface area (Å²) < 4.78 is 5.38. The van der Waals surface area contributed by atoms with Crippen molar-refractivity contribution in [2.24, 2.45) is 0 Å². The van der Waals surface area contributed by atoms with E-state index < -0.39 is 34.4 Å². The van der Waals surface area contributed by atoms with Crippen LogP contribution in [0.2, 0.25) is 0 Å². The highest BCUT2D eigenvalue weighted by atomic mass is 16.5. The van der Waals surface area contributed by atoms with Crippen LogP contribution in [0.15, 0.2) is 23.0 Å². The Morgan fingerprint density at radius 3 is 2.25 bits per heavy atom. The Labute approximate surface area is 161 Å². The molecule has 28 heavy (non-hydrogen) atoms. The summed E-state index contributed by atoms with van der Waals surface area (Å²) in [7, 11) is 1.51. The summed E-state index contributed by atoms with van der Waals surface area (Å²) in [5, 5.41) is 19.1. The van der Waals surface area contributed by atoms with Gasteiger partial charge in [0, 0.05) is 17.7 Å². The first-order valence-corrected chi connectivity index (χ1v) is 8.67. The number of benzene rings is 1. The number of H-pyrrole nitrogens is 1. The molecule has 2 aromatic rings. The van der Waals surface area contributed by atoms with E-state index in [0.29, 0.717) is 12.3 Å². The normalized spacial score (nSPS) is 10.9. The van der Waals surface area contributed by atoms with E-state index in [1.54, 1.807) is 12.1 Å². The van der Waals surface area contributed by atoms with Crippen LogP contribution in [0.4, 0.5) is 5.82 Å². The maximum Gasteiger partial charge on any atom is 0.342 e. The van der Waals surface area contributed by atoms with Gasteiger partial charge in [-0.3, -0.25) is 9.69 Å². The van der Waals surface area contributed by atoms with Gasteiger partial charge in [0.25, 0.3) is 5.56 Å². The first kappa shape index (κ1) is 21.0. The number of pyridine rings is 1. The summed E-state index contributed by atoms with van der Waals surface area (Å²) in [5.41, 5.74) is 4.34. The number of nitrogens with one attached hydrogen (secondary N) is 1. The van der Waals surface area contributed by atoms with Gasteiger partial charge in [-0.1, -0.05) is 19.9 Å². The molecule has 0 aliphatic heterocycles. The first-order valence-electron chi connectivity index (χ1n) is 8.67. The highest BCUT2D eigenvalue weighted by molar-refractivity contribution is 6.07. The van der Waals surface area contributed by atoms with Crippen LogP contribution in [-0.2, 0) is 6.54 Å². The molecule has 5 N–H and O–H groups in total. The van der Waals surface area contributed by atoms with Gasteiger partial charge in [-0.15, -0.1) is 0 Å². The van der Waals surface area contributed by atoms with Crippen LogP contribution in [0.5, 0.6) is 5.75 Å². The molecule has 9 nitrogen and oxygen atoms in total. The molecule has 1 aromatic heterocycles. The number of nitrogens with two attached hydrogens (primary N) is 1. The zero-order valence-corrected chi connectivity index (χ0v) is 15.9. The molecule has 1 heterocycles. The Hall–Kier alpha value is -3.33. The molecule has 150 valence electrons. The molecule has 1 aromatic carbocycles. The van der Waals surface area contributed by atoms with E-state index >= 15 is 0 Å². The highest BCUT2D eigenvalue weighted by Crippen LogP contribution is 2.33. The second-order valence-electron chi connectivity index (χ2n) is 6.09. The standard InChI is InChI=1S/C19H23N3O6/c1-4-22(5-2)9-11-8-10(6-7-12(11)28-3)13-14(18(24)25)16(20)21-17(23)15(13)19(26)27/h6-8H,4-5,9H2,1-3H3,(H,24,25)(H,26,27)(H3,20,21,23). The Balaban J connectivity index is 2.82. The molecular weight excluding hydrogens is 366 g/mol. The topological polar surface area (TPSA) is 146 Å². The second-order valence-corrected chi connectivity index (χ2v) is 6.09. The number of methoxy groups -OCH3 is 1. The summed E-state index contributed by atoms with van der Waals surface area (Å²) in [6, 6.07) is 4.75. The number of carboxylic acids is 2. The minimum atomic E-state index is -1.54. The largest absolute Gasteiger partial charge is 0.496 e. The molecule has 0 amide bonds. The number of nitrogen functional groups attached to an aromatic ring is 1. The molecule has 0 spiro atoms. The number of rotatable bonds is 8. The number of anilines is 1. The smallest absolute Gasteiger partial charge is 0.342 e. The average Bonchev–Trinajstić information content (AvgIpc) is 2.64. The average molecular weight is 389 g/mol. The minimum Gasteiger partial charge on any atom is -0.496 e. The summed E-state index contributed by atoms with van der Waals surface area (Å²) in [5.74, 6) is -2.81. The van der Waals surface area contributed by atoms with Gasteiger partial charge in [0.15, 0.2) is 0 Å². The number of carboxylic acid groups (broad SMARTS) is 2. The van der Waals surface area contributed by atoms with E-state index in [1.165, 1.54) is 13.2 Å². The van der Waals surface area contributed by atoms with Crippen molar-refractivity contribution in [3.63, 3.8) is 0 Å². The number of nitrogens with zero attached hydrogens (tertiary/aromatic N) is 1. The van der Waals surface area contributed by atoms with E-state index in [4.69, 9.17) is 10.5 Å². The van der Waals surface area contributed by atoms with Crippen LogP contribution in [0.1, 0.15) is 40.1 Å². The molecule has 0 unspecified atom stereocenters. The summed E-state index contributed by atoms with van der Waals surface area (Å²) >= 11 is 0. The Morgan fingerprint density at radius 1 is 1.14 bits per heavy atom. The van der Waals surface area contributed by atoms with Gasteiger partial charge in [0.2, 0.25) is 0 Å². The fourth-order valence-corrected chi connectivity index (χ4v) is 3.08. The zero-order chi connectivity index (χ0) is 21.0. The van der Waals surface area contributed by atoms with Crippen LogP contribution < -0.4 is 16.0 Å². The predicted octanol–water partition coefficient (Wildman–Crippen LogP) is 1.87. The molecule has 0 saturated heterocycles. The molecule has 0 aliphatic carbocycles. The van der Waals surface area contributed by atoms with Crippen LogP contribution in [0.25, 0.3) is 11.1 Å². The molecule has 0 fully saturated rings. The maximum atomic E-state index is 12.2. The van der Waals surface area contributed by atoms with Gasteiger partial charge in [-0.25, -0.2) is 9.59 Å². The van der Waals surface area contributed by atoms with Crippen LogP contribution in [0, 0.1) is 0 Å². The van der Waals surface area contributed by atoms with Crippen LogP contribution in [0.3, 0.4) is 0 Å². The lowest BCUT2D eigenvalue weighted by molar-refractivity contribution is 0.0695. The molecule has 9 heteroatoms. The molecule has 0 bridgehead atoms. The van der Waals surface area contributed by atoms with E-state index in [0.717, 1.165) is 18.7 Å². The van der Waals surface area contributed by atoms with Crippen molar-refractivity contribution in [2.75, 3.05) is 25.9 Å². The van der Waals surface area contributed by atoms with Crippen LogP contribution >= 0.6 is 0 Å². The van der Waals surface area contributed by atoms with E-state index in [2.05, 4.69) is 9.88 Å². The molecule has 0 saturated carbocycles. The predicted molar refractivity (Wildman–Crippen MR) is 104 cm³/mol. The third-order valence-corrected chi connectivity index (χ3v) is 4.53. The number of ether oxygens (including phenoxy) is 1. The van der Waals surface area contributed by atoms with Crippen molar-refractivity contribution in [3.8, 4) is 16.9 Å². The monoisotopic (exact) mass is 389 g/mol. The van der Waals surface area contributed by atoms with Gasteiger partial charge in [-0.05, 0) is 30.8 Å². The van der Waals surface area contributed by atoms with Gasteiger partial charge >= 0.3 is 11.9 Å². The third kappa shape index (κ3) is 3.99. The van der Waals surface area contributed by atoms with Gasteiger partial charge in [0.1, 0.15) is 22.7 Å². The second kappa shape index (κ2) is 8.57. The van der Waals surface area contributed by atoms with Gasteiger partial charge in [0.05, 0.1) is 7.11 Å². The molecular formula is C19H23N3O6. The number of aromatic nitrogens is 1. The molecule has 2 rings (SSSR count). The fraction of sp³-hybridized carbons (Fsp3) is 0.316. The van der Waals surface area contributed by atoms with E-state index in [-0.39, 0.29) is 11.1 Å². The maximum absolute atomic E-state index is 12.2. The molecule has 0 aliphatic rings. The number of carbonyl (C=O) groups is 2. The summed E-state index contributed by atoms with van der Waals surface area (Å²) in [6.07, 6.45) is 0. The Morgan fingerprint density at radius 2 is 1.75 bits per heavy atom. The lowest BCUT2D eigenvalue weighted by Crippen LogP contribution is -2.24. The Bertz CT molecular complexity index is 963. The van der Waals surface area contributed by atoms with Crippen molar-refractivity contribution < 1.29 is 24.5 Å². The zero-order valence-electron chi connectivity index (χ0n) is 15.9. The lowest BCUT2D eigenvalue weighted by Gasteiger charge is -2.21. The van der Waals surface area contributed by atoms with Crippen molar-refractivity contribution in [2.45, 2.75) is 20.4 Å². The first-order chi connectivity index (χ1) is 13.2. The summed E-state index contributed by atoms with van der Waals surface area (Å²) in [6.45, 7) is 6.07. The van der Waals surface area contributed by atoms with Crippen LogP contribution in [-0.4, -0.2) is 52.2 Å². The SMILES string of the molecule is CCN(CC)Cc1cc(-c2c(C(=O)O)c(N)[nH]c(=O)c2C(=O)O)ccc1OC. The van der Waals surface area contributed by atoms with Crippen molar-refractivity contribution in [1.82, 2.24) is 9.88 Å². The quantitative estimate of drug-likeness (QED) is 0.535. The number of aromatic amines is 1. The van der Waals surface area contributed by atoms with Crippen molar-refractivity contribution >= 4 is 17.8 Å². The Kier molecular flexibility index (Phi) is 6.42. The summed E-state index contributed by atoms with van der Waals surface area (Å²) in [4.78, 5) is 39.8. The van der Waals surface area contributed by atoms with E-state index in [1.807, 2.05) is 13.8 Å². The molecule has 0 radical (unpaired) electrons. The van der Waals surface area contributed by atoms with Crippen molar-refractivity contribution in [3.05, 3.63) is 45.2 Å². The van der Waals surface area contributed by atoms with E-state index in [9.17, 15) is 24.6 Å². The molecule has 0 atom stereocenters.